The summed E-state index contributed by atoms with van der Waals surface area (Å²) in [6.45, 7) is 4.05. The van der Waals surface area contributed by atoms with Gasteiger partial charge in [0.2, 0.25) is 5.95 Å². The predicted octanol–water partition coefficient (Wildman–Crippen LogP) is 2.98. The van der Waals surface area contributed by atoms with Crippen LogP contribution in [0, 0.1) is 0 Å². The van der Waals surface area contributed by atoms with E-state index in [1.165, 1.54) is 13.2 Å². The van der Waals surface area contributed by atoms with E-state index in [1.807, 2.05) is 18.2 Å². The second-order valence-corrected chi connectivity index (χ2v) is 6.76. The maximum absolute atomic E-state index is 12.4. The lowest BCUT2D eigenvalue weighted by atomic mass is 10.1. The van der Waals surface area contributed by atoms with Crippen LogP contribution in [0.15, 0.2) is 59.3 Å². The summed E-state index contributed by atoms with van der Waals surface area (Å²) in [6, 6.07) is 12.5. The summed E-state index contributed by atoms with van der Waals surface area (Å²) in [5.74, 6) is 1.52. The molecule has 0 spiro atoms. The van der Waals surface area contributed by atoms with Crippen molar-refractivity contribution in [2.45, 2.75) is 6.92 Å². The minimum atomic E-state index is -0.0925. The molecule has 1 aromatic carbocycles. The fourth-order valence-corrected chi connectivity index (χ4v) is 3.23. The van der Waals surface area contributed by atoms with Crippen molar-refractivity contribution < 1.29 is 14.0 Å². The number of piperazine rings is 1. The van der Waals surface area contributed by atoms with E-state index in [-0.39, 0.29) is 11.7 Å². The van der Waals surface area contributed by atoms with Crippen molar-refractivity contribution in [2.24, 2.45) is 0 Å². The lowest BCUT2D eigenvalue weighted by Gasteiger charge is -2.35. The predicted molar refractivity (Wildman–Crippen MR) is 109 cm³/mol. The first-order valence-corrected chi connectivity index (χ1v) is 9.39. The lowest BCUT2D eigenvalue weighted by molar-refractivity contribution is 0.0714. The number of hydrogen-bond acceptors (Lipinski definition) is 7. The molecule has 1 saturated heterocycles. The van der Waals surface area contributed by atoms with Gasteiger partial charge in [-0.2, -0.15) is 4.98 Å². The number of nitrogens with one attached hydrogen (secondary N) is 1. The number of rotatable bonds is 5. The van der Waals surface area contributed by atoms with Gasteiger partial charge in [-0.3, -0.25) is 9.59 Å². The van der Waals surface area contributed by atoms with Crippen LogP contribution >= 0.6 is 0 Å². The van der Waals surface area contributed by atoms with Crippen molar-refractivity contribution >= 4 is 29.1 Å². The van der Waals surface area contributed by atoms with Crippen LogP contribution in [0.2, 0.25) is 0 Å². The van der Waals surface area contributed by atoms with E-state index in [9.17, 15) is 9.59 Å². The zero-order valence-electron chi connectivity index (χ0n) is 16.0. The first-order valence-electron chi connectivity index (χ1n) is 9.39. The molecule has 1 amide bonds. The van der Waals surface area contributed by atoms with Crippen molar-refractivity contribution in [3.8, 4) is 0 Å². The topological polar surface area (TPSA) is 91.6 Å². The molecule has 0 radical (unpaired) electrons. The zero-order chi connectivity index (χ0) is 20.2. The van der Waals surface area contributed by atoms with Gasteiger partial charge in [0.15, 0.2) is 11.5 Å². The van der Waals surface area contributed by atoms with Crippen LogP contribution in [0.1, 0.15) is 27.8 Å². The molecule has 0 unspecified atom stereocenters. The minimum Gasteiger partial charge on any atom is -0.459 e. The Bertz CT molecular complexity index is 1010. The van der Waals surface area contributed by atoms with E-state index in [0.717, 1.165) is 11.5 Å². The van der Waals surface area contributed by atoms with Crippen LogP contribution < -0.4 is 10.2 Å². The average molecular weight is 391 g/mol. The largest absolute Gasteiger partial charge is 0.459 e. The number of amides is 1. The number of hydrogen-bond donors (Lipinski definition) is 1. The van der Waals surface area contributed by atoms with E-state index in [2.05, 4.69) is 20.2 Å². The molecule has 8 heteroatoms. The van der Waals surface area contributed by atoms with Crippen LogP contribution in [0.3, 0.4) is 0 Å². The fourth-order valence-electron chi connectivity index (χ4n) is 3.23. The van der Waals surface area contributed by atoms with Gasteiger partial charge in [-0.15, -0.1) is 0 Å². The molecule has 2 aromatic heterocycles. The van der Waals surface area contributed by atoms with E-state index in [1.54, 1.807) is 35.4 Å². The second kappa shape index (κ2) is 8.14. The molecule has 3 heterocycles. The summed E-state index contributed by atoms with van der Waals surface area (Å²) in [7, 11) is 0. The molecule has 4 rings (SSSR count). The Balaban J connectivity index is 1.41. The first-order chi connectivity index (χ1) is 14.1. The van der Waals surface area contributed by atoms with Crippen molar-refractivity contribution in [1.82, 2.24) is 14.9 Å². The number of anilines is 3. The molecule has 1 N–H and O–H groups in total. The van der Waals surface area contributed by atoms with Gasteiger partial charge in [-0.1, -0.05) is 12.1 Å². The minimum absolute atomic E-state index is 0.00489. The van der Waals surface area contributed by atoms with Crippen LogP contribution in [-0.2, 0) is 0 Å². The Morgan fingerprint density at radius 2 is 1.90 bits per heavy atom. The third-order valence-corrected chi connectivity index (χ3v) is 4.79. The third-order valence-electron chi connectivity index (χ3n) is 4.79. The number of Topliss-reactive ketones (excluding diaryl/α,β-unsaturated/α-hetero) is 1. The van der Waals surface area contributed by atoms with E-state index >= 15 is 0 Å². The highest BCUT2D eigenvalue weighted by molar-refractivity contribution is 5.95. The van der Waals surface area contributed by atoms with Crippen LogP contribution in [0.4, 0.5) is 17.5 Å². The molecule has 0 aliphatic carbocycles. The van der Waals surface area contributed by atoms with Gasteiger partial charge in [0.25, 0.3) is 5.91 Å². The summed E-state index contributed by atoms with van der Waals surface area (Å²) in [5.41, 5.74) is 1.38. The quantitative estimate of drug-likeness (QED) is 0.669. The van der Waals surface area contributed by atoms with Gasteiger partial charge in [0.05, 0.1) is 6.26 Å². The van der Waals surface area contributed by atoms with Gasteiger partial charge in [0.1, 0.15) is 5.82 Å². The van der Waals surface area contributed by atoms with Gasteiger partial charge in [0, 0.05) is 43.6 Å². The molecule has 1 fully saturated rings. The molecule has 8 nitrogen and oxygen atoms in total. The smallest absolute Gasteiger partial charge is 0.289 e. The Morgan fingerprint density at radius 1 is 1.07 bits per heavy atom. The normalized spacial score (nSPS) is 14.0. The number of ketones is 1. The molecule has 148 valence electrons. The van der Waals surface area contributed by atoms with Crippen molar-refractivity contribution in [3.05, 3.63) is 66.2 Å². The highest BCUT2D eigenvalue weighted by Gasteiger charge is 2.24. The Kier molecular flexibility index (Phi) is 5.24. The maximum atomic E-state index is 12.4. The van der Waals surface area contributed by atoms with Crippen LogP contribution in [-0.4, -0.2) is 52.7 Å². The monoisotopic (exact) mass is 391 g/mol. The SMILES string of the molecule is CC(=O)c1cccc(Nc2nccc(N3CCN(C(=O)c4ccco4)CC3)n2)c1. The molecular weight excluding hydrogens is 370 g/mol. The van der Waals surface area contributed by atoms with Gasteiger partial charge in [-0.05, 0) is 37.3 Å². The van der Waals surface area contributed by atoms with Crippen LogP contribution in [0.5, 0.6) is 0 Å². The third kappa shape index (κ3) is 4.26. The number of benzene rings is 1. The number of aromatic nitrogens is 2. The molecule has 0 saturated carbocycles. The highest BCUT2D eigenvalue weighted by atomic mass is 16.3. The number of nitrogens with zero attached hydrogens (tertiary/aromatic N) is 4. The van der Waals surface area contributed by atoms with Crippen molar-refractivity contribution in [1.29, 1.82) is 0 Å². The number of furan rings is 1. The van der Waals surface area contributed by atoms with Crippen LogP contribution in [0.25, 0.3) is 0 Å². The first kappa shape index (κ1) is 18.7. The zero-order valence-corrected chi connectivity index (χ0v) is 16.0. The molecule has 1 aliphatic heterocycles. The fraction of sp³-hybridized carbons (Fsp3) is 0.238. The standard InChI is InChI=1S/C21H21N5O3/c1-15(27)16-4-2-5-17(14-16)23-21-22-8-7-19(24-21)25-9-11-26(12-10-25)20(28)18-6-3-13-29-18/h2-8,13-14H,9-12H2,1H3,(H,22,23,24). The van der Waals surface area contributed by atoms with E-state index in [4.69, 9.17) is 4.42 Å². The molecular formula is C21H21N5O3. The van der Waals surface area contributed by atoms with Crippen molar-refractivity contribution in [3.63, 3.8) is 0 Å². The van der Waals surface area contributed by atoms with Gasteiger partial charge in [-0.25, -0.2) is 4.98 Å². The summed E-state index contributed by atoms with van der Waals surface area (Å²) in [5, 5.41) is 3.15. The summed E-state index contributed by atoms with van der Waals surface area (Å²) >= 11 is 0. The Morgan fingerprint density at radius 3 is 2.62 bits per heavy atom. The molecule has 3 aromatic rings. The molecule has 29 heavy (non-hydrogen) atoms. The number of carbonyl (C=O) groups is 2. The van der Waals surface area contributed by atoms with Gasteiger partial charge < -0.3 is 19.5 Å². The lowest BCUT2D eigenvalue weighted by Crippen LogP contribution is -2.49. The molecule has 0 bridgehead atoms. The second-order valence-electron chi connectivity index (χ2n) is 6.76. The van der Waals surface area contributed by atoms with Gasteiger partial charge >= 0.3 is 0 Å². The Labute approximate surface area is 168 Å². The summed E-state index contributed by atoms with van der Waals surface area (Å²) < 4.78 is 5.20. The average Bonchev–Trinajstić information content (AvgIpc) is 3.29. The Hall–Kier alpha value is -3.68. The highest BCUT2D eigenvalue weighted by Crippen LogP contribution is 2.19. The van der Waals surface area contributed by atoms with Crippen molar-refractivity contribution in [2.75, 3.05) is 36.4 Å². The maximum Gasteiger partial charge on any atom is 0.289 e. The molecule has 0 atom stereocenters. The summed E-state index contributed by atoms with van der Waals surface area (Å²) in [4.78, 5) is 36.7. The van der Waals surface area contributed by atoms with E-state index < -0.39 is 0 Å². The summed E-state index contributed by atoms with van der Waals surface area (Å²) in [6.07, 6.45) is 3.20. The van der Waals surface area contributed by atoms with E-state index in [0.29, 0.717) is 43.5 Å². The molecule has 1 aliphatic rings. The number of carbonyl (C=O) groups excluding carboxylic acids is 2.